The van der Waals surface area contributed by atoms with E-state index < -0.39 is 0 Å². The van der Waals surface area contributed by atoms with Crippen molar-refractivity contribution >= 4 is 27.8 Å². The standard InChI is InChI=1S/C29H26N6/c30-28(34-31)21-13-16-27-26(18-21)33-29(35(27)23-9-5-2-6-10-23)22-12-15-25-20(17-22)11-14-24(32-25)19-7-3-1-4-8-19/h1,3-4,7-8,11-18,23,30-31H,2,5-6,9-10H2/p+1. The molecule has 2 aromatic heterocycles. The van der Waals surface area contributed by atoms with E-state index in [0.29, 0.717) is 11.6 Å². The Labute approximate surface area is 203 Å². The van der Waals surface area contributed by atoms with Crippen molar-refractivity contribution < 1.29 is 5.53 Å². The van der Waals surface area contributed by atoms with E-state index in [1.54, 1.807) is 0 Å². The first-order valence-electron chi connectivity index (χ1n) is 12.2. The molecule has 0 saturated heterocycles. The van der Waals surface area contributed by atoms with E-state index in [1.165, 1.54) is 19.3 Å². The lowest BCUT2D eigenvalue weighted by molar-refractivity contribution is -0.207. The number of fused-ring (bicyclic) bond motifs is 2. The summed E-state index contributed by atoms with van der Waals surface area (Å²) in [6, 6.07) is 27.2. The lowest BCUT2D eigenvalue weighted by Gasteiger charge is -2.25. The van der Waals surface area contributed by atoms with Crippen LogP contribution in [0.2, 0.25) is 0 Å². The van der Waals surface area contributed by atoms with Gasteiger partial charge in [0.2, 0.25) is 5.84 Å². The minimum Gasteiger partial charge on any atom is -0.321 e. The van der Waals surface area contributed by atoms with Crippen LogP contribution in [0.3, 0.4) is 0 Å². The predicted molar refractivity (Wildman–Crippen MR) is 139 cm³/mol. The fourth-order valence-electron chi connectivity index (χ4n) is 5.27. The highest BCUT2D eigenvalue weighted by Crippen LogP contribution is 2.37. The van der Waals surface area contributed by atoms with Crippen LogP contribution < -0.4 is 5.53 Å². The Bertz CT molecular complexity index is 1560. The van der Waals surface area contributed by atoms with Crippen molar-refractivity contribution in [1.82, 2.24) is 14.5 Å². The summed E-state index contributed by atoms with van der Waals surface area (Å²) in [5.74, 6) is 1.03. The Kier molecular flexibility index (Phi) is 5.41. The fraction of sp³-hybridized carbons (Fsp3) is 0.207. The number of nitrogens with two attached hydrogens (primary N) is 1. The Hall–Kier alpha value is -4.19. The number of benzene rings is 3. The normalized spacial score (nSPS) is 14.4. The molecule has 0 amide bonds. The number of aromatic nitrogens is 3. The van der Waals surface area contributed by atoms with Gasteiger partial charge in [0, 0.05) is 33.2 Å². The van der Waals surface area contributed by atoms with Crippen molar-refractivity contribution in [2.75, 3.05) is 0 Å². The molecule has 6 nitrogen and oxygen atoms in total. The molecule has 1 aliphatic rings. The van der Waals surface area contributed by atoms with Gasteiger partial charge in [-0.2, -0.15) is 5.53 Å². The maximum absolute atomic E-state index is 8.01. The summed E-state index contributed by atoms with van der Waals surface area (Å²) < 4.78 is 2.41. The number of imidazole rings is 1. The minimum atomic E-state index is 0.0617. The molecule has 172 valence electrons. The number of nitrogens with zero attached hydrogens (tertiary/aromatic N) is 4. The topological polar surface area (TPSA) is 92.5 Å². The van der Waals surface area contributed by atoms with E-state index in [9.17, 15) is 0 Å². The molecule has 2 heterocycles. The first-order valence-corrected chi connectivity index (χ1v) is 12.2. The molecule has 0 bridgehead atoms. The summed E-state index contributed by atoms with van der Waals surface area (Å²) in [7, 11) is 0. The lowest BCUT2D eigenvalue weighted by Crippen LogP contribution is -2.26. The number of pyridine rings is 1. The zero-order valence-corrected chi connectivity index (χ0v) is 19.5. The van der Waals surface area contributed by atoms with Gasteiger partial charge < -0.3 is 4.57 Å². The highest BCUT2D eigenvalue weighted by Gasteiger charge is 2.23. The Morgan fingerprint density at radius 1 is 0.829 bits per heavy atom. The van der Waals surface area contributed by atoms with Gasteiger partial charge in [-0.05, 0) is 55.3 Å². The van der Waals surface area contributed by atoms with Gasteiger partial charge >= 0.3 is 0 Å². The molecular formula is C29H27N6+. The van der Waals surface area contributed by atoms with Gasteiger partial charge in [0.15, 0.2) is 0 Å². The third-order valence-electron chi connectivity index (χ3n) is 7.05. The summed E-state index contributed by atoms with van der Waals surface area (Å²) in [6.07, 6.45) is 6.08. The van der Waals surface area contributed by atoms with E-state index in [2.05, 4.69) is 58.2 Å². The molecular weight excluding hydrogens is 432 g/mol. The zero-order chi connectivity index (χ0) is 23.8. The van der Waals surface area contributed by atoms with Gasteiger partial charge in [-0.25, -0.2) is 9.97 Å². The van der Waals surface area contributed by atoms with Crippen LogP contribution in [0.5, 0.6) is 0 Å². The molecule has 1 aliphatic carbocycles. The SMILES string of the molecule is N=C(N=[NH2+])c1ccc2c(c1)nc(-c1ccc3nc(-c4ccccc4)ccc3c1)n2C1CCCCC1. The van der Waals surface area contributed by atoms with Gasteiger partial charge in [-0.3, -0.25) is 5.41 Å². The van der Waals surface area contributed by atoms with Crippen LogP contribution in [0.4, 0.5) is 0 Å². The van der Waals surface area contributed by atoms with E-state index >= 15 is 0 Å². The smallest absolute Gasteiger partial charge is 0.218 e. The van der Waals surface area contributed by atoms with Crippen molar-refractivity contribution in [3.05, 3.63) is 84.4 Å². The van der Waals surface area contributed by atoms with E-state index in [0.717, 1.165) is 57.4 Å². The average molecular weight is 460 g/mol. The summed E-state index contributed by atoms with van der Waals surface area (Å²) in [4.78, 5) is 9.97. The summed E-state index contributed by atoms with van der Waals surface area (Å²) >= 11 is 0. The second-order valence-corrected chi connectivity index (χ2v) is 9.25. The molecule has 5 aromatic rings. The molecule has 35 heavy (non-hydrogen) atoms. The summed E-state index contributed by atoms with van der Waals surface area (Å²) in [5.41, 5.74) is 12.1. The van der Waals surface area contributed by atoms with Crippen LogP contribution in [-0.2, 0) is 0 Å². The fourth-order valence-corrected chi connectivity index (χ4v) is 5.27. The lowest BCUT2D eigenvalue weighted by atomic mass is 9.94. The van der Waals surface area contributed by atoms with Crippen LogP contribution in [0, 0.1) is 5.41 Å². The van der Waals surface area contributed by atoms with Crippen LogP contribution in [0.25, 0.3) is 44.6 Å². The molecule has 1 fully saturated rings. The summed E-state index contributed by atoms with van der Waals surface area (Å²) in [6.45, 7) is 0. The van der Waals surface area contributed by atoms with E-state index in [1.807, 2.05) is 30.3 Å². The minimum absolute atomic E-state index is 0.0617. The van der Waals surface area contributed by atoms with Crippen LogP contribution >= 0.6 is 0 Å². The van der Waals surface area contributed by atoms with Gasteiger partial charge in [0.05, 0.1) is 22.2 Å². The number of hydrogen-bond acceptors (Lipinski definition) is 3. The monoisotopic (exact) mass is 459 g/mol. The van der Waals surface area contributed by atoms with Crippen molar-refractivity contribution in [1.29, 1.82) is 5.41 Å². The number of hydrogen-bond donors (Lipinski definition) is 2. The third-order valence-corrected chi connectivity index (χ3v) is 7.05. The van der Waals surface area contributed by atoms with Crippen molar-refractivity contribution in [2.45, 2.75) is 38.1 Å². The number of nitrogens with one attached hydrogen (secondary N) is 1. The first-order chi connectivity index (χ1) is 17.2. The van der Waals surface area contributed by atoms with Gasteiger partial charge in [-0.1, -0.05) is 55.7 Å². The highest BCUT2D eigenvalue weighted by atomic mass is 15.1. The molecule has 0 spiro atoms. The Morgan fingerprint density at radius 2 is 1.66 bits per heavy atom. The van der Waals surface area contributed by atoms with Crippen molar-refractivity contribution in [2.24, 2.45) is 5.11 Å². The van der Waals surface area contributed by atoms with Gasteiger partial charge in [0.1, 0.15) is 5.82 Å². The molecule has 0 unspecified atom stereocenters. The Balaban J connectivity index is 1.48. The molecule has 6 rings (SSSR count). The van der Waals surface area contributed by atoms with E-state index in [4.69, 9.17) is 20.9 Å². The highest BCUT2D eigenvalue weighted by molar-refractivity contribution is 5.99. The van der Waals surface area contributed by atoms with Crippen molar-refractivity contribution in [3.8, 4) is 22.6 Å². The van der Waals surface area contributed by atoms with Gasteiger partial charge in [0.25, 0.3) is 0 Å². The van der Waals surface area contributed by atoms with Crippen LogP contribution in [0.15, 0.2) is 84.0 Å². The van der Waals surface area contributed by atoms with Gasteiger partial charge in [-0.15, -0.1) is 0 Å². The summed E-state index contributed by atoms with van der Waals surface area (Å²) in [5, 5.41) is 12.6. The number of rotatable bonds is 4. The largest absolute Gasteiger partial charge is 0.321 e. The Morgan fingerprint density at radius 3 is 2.46 bits per heavy atom. The molecule has 6 heteroatoms. The predicted octanol–water partition coefficient (Wildman–Crippen LogP) is 5.96. The van der Waals surface area contributed by atoms with Crippen LogP contribution in [-0.4, -0.2) is 20.4 Å². The van der Waals surface area contributed by atoms with E-state index in [-0.39, 0.29) is 5.84 Å². The number of amidine groups is 1. The quantitative estimate of drug-likeness (QED) is 0.197. The first kappa shape index (κ1) is 21.4. The maximum atomic E-state index is 8.01. The van der Waals surface area contributed by atoms with Crippen molar-refractivity contribution in [3.63, 3.8) is 0 Å². The third kappa shape index (κ3) is 3.91. The molecule has 3 N–H and O–H groups in total. The maximum Gasteiger partial charge on any atom is 0.218 e. The molecule has 0 atom stereocenters. The van der Waals surface area contributed by atoms with Crippen LogP contribution in [0.1, 0.15) is 43.7 Å². The molecule has 0 radical (unpaired) electrons. The average Bonchev–Trinajstić information content (AvgIpc) is 3.32. The second kappa shape index (κ2) is 8.87. The zero-order valence-electron chi connectivity index (χ0n) is 19.5. The molecule has 1 saturated carbocycles. The molecule has 3 aromatic carbocycles. The second-order valence-electron chi connectivity index (χ2n) is 9.25. The molecule has 0 aliphatic heterocycles.